The van der Waals surface area contributed by atoms with Crippen LogP contribution in [0.25, 0.3) is 0 Å². The fourth-order valence-electron chi connectivity index (χ4n) is 2.77. The topological polar surface area (TPSA) is 66.5 Å². The molecular weight excluding hydrogens is 252 g/mol. The van der Waals surface area contributed by atoms with Crippen LogP contribution >= 0.6 is 0 Å². The van der Waals surface area contributed by atoms with Crippen LogP contribution in [0.15, 0.2) is 0 Å². The summed E-state index contributed by atoms with van der Waals surface area (Å²) in [5, 5.41) is 2.64. The van der Waals surface area contributed by atoms with E-state index in [2.05, 4.69) is 5.32 Å². The van der Waals surface area contributed by atoms with Crippen LogP contribution in [0.2, 0.25) is 0 Å². The zero-order chi connectivity index (χ0) is 13.2. The Morgan fingerprint density at radius 2 is 1.83 bits per heavy atom. The van der Waals surface area contributed by atoms with Crippen molar-refractivity contribution in [3.63, 3.8) is 0 Å². The van der Waals surface area contributed by atoms with E-state index in [1.54, 1.807) is 4.90 Å². The standard InChI is InChI=1S/C12H22N2O3S/c1-18(16,17)11-7-8-14(9-11)12(15)13-10-5-3-2-4-6-10/h10-11H,2-9H2,1H3,(H,13,15). The van der Waals surface area contributed by atoms with Crippen molar-refractivity contribution < 1.29 is 13.2 Å². The SMILES string of the molecule is CS(=O)(=O)C1CCN(C(=O)NC2CCCCC2)C1. The predicted octanol–water partition coefficient (Wildman–Crippen LogP) is 1.15. The molecule has 0 aromatic carbocycles. The van der Waals surface area contributed by atoms with Crippen LogP contribution in [0.1, 0.15) is 38.5 Å². The fraction of sp³-hybridized carbons (Fsp3) is 0.917. The third-order valence-corrected chi connectivity index (χ3v) is 5.57. The summed E-state index contributed by atoms with van der Waals surface area (Å²) in [4.78, 5) is 13.6. The molecule has 0 aromatic rings. The molecule has 0 spiro atoms. The fourth-order valence-corrected chi connectivity index (χ4v) is 3.76. The Labute approximate surface area is 109 Å². The minimum absolute atomic E-state index is 0.0898. The van der Waals surface area contributed by atoms with Crippen LogP contribution in [0.3, 0.4) is 0 Å². The zero-order valence-electron chi connectivity index (χ0n) is 10.9. The van der Waals surface area contributed by atoms with E-state index in [9.17, 15) is 13.2 Å². The summed E-state index contributed by atoms with van der Waals surface area (Å²) >= 11 is 0. The van der Waals surface area contributed by atoms with Crippen LogP contribution < -0.4 is 5.32 Å². The number of amides is 2. The number of hydrogen-bond donors (Lipinski definition) is 1. The summed E-state index contributed by atoms with van der Waals surface area (Å²) in [6.45, 7) is 0.897. The lowest BCUT2D eigenvalue weighted by Gasteiger charge is -2.26. The number of nitrogens with zero attached hydrogens (tertiary/aromatic N) is 1. The molecule has 1 N–H and O–H groups in total. The van der Waals surface area contributed by atoms with E-state index >= 15 is 0 Å². The van der Waals surface area contributed by atoms with Crippen molar-refractivity contribution in [2.24, 2.45) is 0 Å². The smallest absolute Gasteiger partial charge is 0.317 e. The van der Waals surface area contributed by atoms with Crippen molar-refractivity contribution in [3.05, 3.63) is 0 Å². The number of nitrogens with one attached hydrogen (secondary N) is 1. The molecule has 1 aliphatic carbocycles. The molecule has 1 heterocycles. The van der Waals surface area contributed by atoms with Crippen LogP contribution in [-0.2, 0) is 9.84 Å². The average molecular weight is 274 g/mol. The second kappa shape index (κ2) is 5.47. The van der Waals surface area contributed by atoms with Gasteiger partial charge in [0.25, 0.3) is 0 Å². The van der Waals surface area contributed by atoms with Crippen molar-refractivity contribution in [1.29, 1.82) is 0 Å². The van der Waals surface area contributed by atoms with Gasteiger partial charge in [-0.05, 0) is 19.3 Å². The Bertz CT molecular complexity index is 402. The first-order chi connectivity index (χ1) is 8.47. The first-order valence-electron chi connectivity index (χ1n) is 6.71. The van der Waals surface area contributed by atoms with Crippen molar-refractivity contribution in [1.82, 2.24) is 10.2 Å². The average Bonchev–Trinajstić information content (AvgIpc) is 2.79. The molecule has 1 aliphatic heterocycles. The molecular formula is C12H22N2O3S. The Hall–Kier alpha value is -0.780. The summed E-state index contributed by atoms with van der Waals surface area (Å²) in [5.41, 5.74) is 0. The first-order valence-corrected chi connectivity index (χ1v) is 8.66. The minimum atomic E-state index is -3.02. The molecule has 1 unspecified atom stereocenters. The van der Waals surface area contributed by atoms with Gasteiger partial charge in [0.05, 0.1) is 5.25 Å². The van der Waals surface area contributed by atoms with E-state index in [1.807, 2.05) is 0 Å². The Kier molecular flexibility index (Phi) is 4.14. The van der Waals surface area contributed by atoms with E-state index in [1.165, 1.54) is 25.5 Å². The van der Waals surface area contributed by atoms with Gasteiger partial charge < -0.3 is 10.2 Å². The van der Waals surface area contributed by atoms with E-state index < -0.39 is 9.84 Å². The van der Waals surface area contributed by atoms with Gasteiger partial charge in [-0.15, -0.1) is 0 Å². The third kappa shape index (κ3) is 3.37. The molecule has 1 saturated heterocycles. The highest BCUT2D eigenvalue weighted by atomic mass is 32.2. The third-order valence-electron chi connectivity index (χ3n) is 3.97. The normalized spacial score (nSPS) is 26.3. The molecule has 2 fully saturated rings. The summed E-state index contributed by atoms with van der Waals surface area (Å²) in [7, 11) is -3.02. The van der Waals surface area contributed by atoms with Crippen LogP contribution in [0.4, 0.5) is 4.79 Å². The molecule has 18 heavy (non-hydrogen) atoms. The summed E-state index contributed by atoms with van der Waals surface area (Å²) in [6, 6.07) is 0.191. The van der Waals surface area contributed by atoms with Gasteiger partial charge in [-0.25, -0.2) is 13.2 Å². The maximum atomic E-state index is 12.0. The molecule has 1 saturated carbocycles. The van der Waals surface area contributed by atoms with E-state index in [0.29, 0.717) is 19.5 Å². The predicted molar refractivity (Wildman–Crippen MR) is 70.2 cm³/mol. The quantitative estimate of drug-likeness (QED) is 0.821. The maximum Gasteiger partial charge on any atom is 0.317 e. The van der Waals surface area contributed by atoms with Gasteiger partial charge in [0, 0.05) is 25.4 Å². The van der Waals surface area contributed by atoms with Gasteiger partial charge in [0.15, 0.2) is 9.84 Å². The minimum Gasteiger partial charge on any atom is -0.335 e. The second-order valence-corrected chi connectivity index (χ2v) is 7.80. The monoisotopic (exact) mass is 274 g/mol. The van der Waals surface area contributed by atoms with Crippen molar-refractivity contribution in [2.45, 2.75) is 49.8 Å². The Balaban J connectivity index is 1.83. The molecule has 2 rings (SSSR count). The second-order valence-electron chi connectivity index (χ2n) is 5.47. The van der Waals surface area contributed by atoms with Gasteiger partial charge in [-0.3, -0.25) is 0 Å². The summed E-state index contributed by atoms with van der Waals surface area (Å²) in [5.74, 6) is 0. The lowest BCUT2D eigenvalue weighted by atomic mass is 9.96. The van der Waals surface area contributed by atoms with Gasteiger partial charge in [0.1, 0.15) is 0 Å². The van der Waals surface area contributed by atoms with Gasteiger partial charge >= 0.3 is 6.03 Å². The van der Waals surface area contributed by atoms with Gasteiger partial charge in [-0.2, -0.15) is 0 Å². The number of carbonyl (C=O) groups excluding carboxylic acids is 1. The Morgan fingerprint density at radius 3 is 2.39 bits per heavy atom. The van der Waals surface area contributed by atoms with Crippen molar-refractivity contribution >= 4 is 15.9 Å². The van der Waals surface area contributed by atoms with Crippen LogP contribution in [0.5, 0.6) is 0 Å². The number of rotatable bonds is 2. The Morgan fingerprint density at radius 1 is 1.17 bits per heavy atom. The molecule has 2 aliphatic rings. The number of carbonyl (C=O) groups is 1. The van der Waals surface area contributed by atoms with Gasteiger partial charge in [0.2, 0.25) is 0 Å². The first kappa shape index (κ1) is 13.6. The highest BCUT2D eigenvalue weighted by Crippen LogP contribution is 2.19. The molecule has 1 atom stereocenters. The zero-order valence-corrected chi connectivity index (χ0v) is 11.7. The number of hydrogen-bond acceptors (Lipinski definition) is 3. The largest absolute Gasteiger partial charge is 0.335 e. The van der Waals surface area contributed by atoms with E-state index in [-0.39, 0.29) is 17.3 Å². The van der Waals surface area contributed by atoms with Gasteiger partial charge in [-0.1, -0.05) is 19.3 Å². The molecule has 5 nitrogen and oxygen atoms in total. The van der Waals surface area contributed by atoms with Crippen molar-refractivity contribution in [3.8, 4) is 0 Å². The maximum absolute atomic E-state index is 12.0. The molecule has 2 amide bonds. The summed E-state index contributed by atoms with van der Waals surface area (Å²) in [6.07, 6.45) is 7.53. The lowest BCUT2D eigenvalue weighted by molar-refractivity contribution is 0.200. The molecule has 6 heteroatoms. The number of urea groups is 1. The molecule has 0 aromatic heterocycles. The molecule has 0 radical (unpaired) electrons. The summed E-state index contributed by atoms with van der Waals surface area (Å²) < 4.78 is 22.9. The van der Waals surface area contributed by atoms with Crippen molar-refractivity contribution in [2.75, 3.05) is 19.3 Å². The molecule has 104 valence electrons. The number of sulfone groups is 1. The van der Waals surface area contributed by atoms with E-state index in [4.69, 9.17) is 0 Å². The van der Waals surface area contributed by atoms with Crippen LogP contribution in [0, 0.1) is 0 Å². The highest BCUT2D eigenvalue weighted by molar-refractivity contribution is 7.91. The lowest BCUT2D eigenvalue weighted by Crippen LogP contribution is -2.45. The highest BCUT2D eigenvalue weighted by Gasteiger charge is 2.33. The molecule has 0 bridgehead atoms. The van der Waals surface area contributed by atoms with Crippen LogP contribution in [-0.4, -0.2) is 50.0 Å². The number of likely N-dealkylation sites (tertiary alicyclic amines) is 1. The van der Waals surface area contributed by atoms with E-state index in [0.717, 1.165) is 12.8 Å².